The Bertz CT molecular complexity index is 946. The summed E-state index contributed by atoms with van der Waals surface area (Å²) in [5.74, 6) is 1.29. The molecule has 1 aromatic carbocycles. The van der Waals surface area contributed by atoms with Gasteiger partial charge >= 0.3 is 0 Å². The van der Waals surface area contributed by atoms with Crippen molar-refractivity contribution in [3.8, 4) is 11.5 Å². The van der Waals surface area contributed by atoms with Gasteiger partial charge in [-0.25, -0.2) is 4.98 Å². The van der Waals surface area contributed by atoms with E-state index >= 15 is 0 Å². The van der Waals surface area contributed by atoms with Gasteiger partial charge in [0, 0.05) is 31.5 Å². The van der Waals surface area contributed by atoms with Crippen LogP contribution in [-0.4, -0.2) is 43.7 Å². The number of nitrogens with zero attached hydrogens (tertiary/aromatic N) is 3. The Balaban J connectivity index is 1.60. The number of aromatic nitrogens is 2. The van der Waals surface area contributed by atoms with Crippen molar-refractivity contribution in [1.29, 1.82) is 0 Å². The molecule has 2 aromatic heterocycles. The fraction of sp³-hybridized carbons (Fsp3) is 0.227. The van der Waals surface area contributed by atoms with Crippen LogP contribution in [0.2, 0.25) is 0 Å². The first-order chi connectivity index (χ1) is 14.1. The minimum atomic E-state index is -0.266. The van der Waals surface area contributed by atoms with E-state index in [0.29, 0.717) is 22.9 Å². The van der Waals surface area contributed by atoms with Gasteiger partial charge < -0.3 is 19.7 Å². The topological polar surface area (TPSA) is 76.6 Å². The molecule has 150 valence electrons. The van der Waals surface area contributed by atoms with E-state index in [-0.39, 0.29) is 5.91 Å². The second-order valence-electron chi connectivity index (χ2n) is 6.45. The van der Waals surface area contributed by atoms with Crippen LogP contribution in [0, 0.1) is 0 Å². The molecule has 1 amide bonds. The van der Waals surface area contributed by atoms with Crippen LogP contribution in [0.25, 0.3) is 0 Å². The van der Waals surface area contributed by atoms with Crippen molar-refractivity contribution in [3.05, 3.63) is 72.2 Å². The fourth-order valence-electron chi connectivity index (χ4n) is 2.83. The molecule has 0 unspecified atom stereocenters. The first-order valence-corrected chi connectivity index (χ1v) is 9.20. The number of carbonyl (C=O) groups is 1. The predicted octanol–water partition coefficient (Wildman–Crippen LogP) is 3.43. The zero-order valence-electron chi connectivity index (χ0n) is 16.8. The van der Waals surface area contributed by atoms with Crippen molar-refractivity contribution in [3.63, 3.8) is 0 Å². The number of ether oxygens (including phenoxy) is 2. The van der Waals surface area contributed by atoms with Crippen molar-refractivity contribution in [1.82, 2.24) is 9.97 Å². The zero-order chi connectivity index (χ0) is 20.6. The summed E-state index contributed by atoms with van der Waals surface area (Å²) >= 11 is 0. The SMILES string of the molecule is COc1ccc(C(=O)Nc2ccc(N(C)CCc3ccncc3)cn2)cc1OC. The lowest BCUT2D eigenvalue weighted by atomic mass is 10.2. The maximum atomic E-state index is 12.5. The van der Waals surface area contributed by atoms with Crippen LogP contribution in [0.3, 0.4) is 0 Å². The van der Waals surface area contributed by atoms with E-state index in [1.54, 1.807) is 50.0 Å². The zero-order valence-corrected chi connectivity index (χ0v) is 16.8. The summed E-state index contributed by atoms with van der Waals surface area (Å²) in [6, 6.07) is 12.8. The average Bonchev–Trinajstić information content (AvgIpc) is 2.78. The molecule has 0 bridgehead atoms. The van der Waals surface area contributed by atoms with Gasteiger partial charge in [-0.15, -0.1) is 0 Å². The van der Waals surface area contributed by atoms with Gasteiger partial charge in [0.15, 0.2) is 11.5 Å². The summed E-state index contributed by atoms with van der Waals surface area (Å²) < 4.78 is 10.4. The van der Waals surface area contributed by atoms with E-state index in [2.05, 4.69) is 20.2 Å². The quantitative estimate of drug-likeness (QED) is 0.633. The molecule has 0 spiro atoms. The van der Waals surface area contributed by atoms with Crippen molar-refractivity contribution < 1.29 is 14.3 Å². The Morgan fingerprint density at radius 3 is 2.45 bits per heavy atom. The van der Waals surface area contributed by atoms with Crippen molar-refractivity contribution in [2.75, 3.05) is 38.0 Å². The van der Waals surface area contributed by atoms with Gasteiger partial charge in [-0.3, -0.25) is 9.78 Å². The van der Waals surface area contributed by atoms with Crippen LogP contribution < -0.4 is 19.7 Å². The third kappa shape index (κ3) is 5.22. The molecule has 0 aliphatic rings. The number of hydrogen-bond donors (Lipinski definition) is 1. The van der Waals surface area contributed by atoms with Crippen LogP contribution in [-0.2, 0) is 6.42 Å². The van der Waals surface area contributed by atoms with Gasteiger partial charge in [0.25, 0.3) is 5.91 Å². The Hall–Kier alpha value is -3.61. The Labute approximate surface area is 170 Å². The molecule has 0 atom stereocenters. The lowest BCUT2D eigenvalue weighted by Gasteiger charge is -2.19. The molecule has 7 nitrogen and oxygen atoms in total. The van der Waals surface area contributed by atoms with Gasteiger partial charge in [-0.1, -0.05) is 0 Å². The lowest BCUT2D eigenvalue weighted by Crippen LogP contribution is -2.20. The third-order valence-corrected chi connectivity index (χ3v) is 4.56. The standard InChI is InChI=1S/C22H24N4O3/c1-26(13-10-16-8-11-23-12-9-16)18-5-7-21(24-15-18)25-22(27)17-4-6-19(28-2)20(14-17)29-3/h4-9,11-12,14-15H,10,13H2,1-3H3,(H,24,25,27). The number of likely N-dealkylation sites (N-methyl/N-ethyl adjacent to an activating group) is 1. The smallest absolute Gasteiger partial charge is 0.256 e. The van der Waals surface area contributed by atoms with Gasteiger partial charge in [-0.05, 0) is 54.4 Å². The molecule has 0 aliphatic heterocycles. The van der Waals surface area contributed by atoms with Crippen LogP contribution in [0.15, 0.2) is 61.1 Å². The second-order valence-corrected chi connectivity index (χ2v) is 6.45. The number of rotatable bonds is 8. The molecule has 3 aromatic rings. The van der Waals surface area contributed by atoms with Crippen LogP contribution in [0.4, 0.5) is 11.5 Å². The lowest BCUT2D eigenvalue weighted by molar-refractivity contribution is 0.102. The predicted molar refractivity (Wildman–Crippen MR) is 113 cm³/mol. The van der Waals surface area contributed by atoms with E-state index < -0.39 is 0 Å². The van der Waals surface area contributed by atoms with Crippen LogP contribution in [0.5, 0.6) is 11.5 Å². The van der Waals surface area contributed by atoms with Crippen LogP contribution >= 0.6 is 0 Å². The molecule has 1 N–H and O–H groups in total. The first-order valence-electron chi connectivity index (χ1n) is 9.20. The number of benzene rings is 1. The molecule has 0 saturated carbocycles. The monoisotopic (exact) mass is 392 g/mol. The summed E-state index contributed by atoms with van der Waals surface area (Å²) in [6.07, 6.45) is 6.26. The Morgan fingerprint density at radius 1 is 1.03 bits per heavy atom. The normalized spacial score (nSPS) is 10.3. The van der Waals surface area contributed by atoms with Crippen molar-refractivity contribution in [2.24, 2.45) is 0 Å². The molecule has 0 radical (unpaired) electrons. The van der Waals surface area contributed by atoms with E-state index in [1.807, 2.05) is 25.2 Å². The van der Waals surface area contributed by atoms with Crippen molar-refractivity contribution >= 4 is 17.4 Å². The summed E-state index contributed by atoms with van der Waals surface area (Å²) in [5.41, 5.74) is 2.67. The van der Waals surface area contributed by atoms with Crippen LogP contribution in [0.1, 0.15) is 15.9 Å². The highest BCUT2D eigenvalue weighted by atomic mass is 16.5. The highest BCUT2D eigenvalue weighted by Crippen LogP contribution is 2.27. The molecule has 0 aliphatic carbocycles. The number of methoxy groups -OCH3 is 2. The summed E-state index contributed by atoms with van der Waals surface area (Å²) in [4.78, 5) is 23.0. The number of pyridine rings is 2. The number of carbonyl (C=O) groups excluding carboxylic acids is 1. The molecule has 2 heterocycles. The number of hydrogen-bond acceptors (Lipinski definition) is 6. The maximum Gasteiger partial charge on any atom is 0.256 e. The maximum absolute atomic E-state index is 12.5. The molecule has 0 fully saturated rings. The number of anilines is 2. The Kier molecular flexibility index (Phi) is 6.63. The van der Waals surface area contributed by atoms with E-state index in [0.717, 1.165) is 18.7 Å². The first kappa shape index (κ1) is 20.1. The van der Waals surface area contributed by atoms with Gasteiger partial charge in [0.2, 0.25) is 0 Å². The minimum absolute atomic E-state index is 0.266. The van der Waals surface area contributed by atoms with E-state index in [4.69, 9.17) is 9.47 Å². The molecule has 3 rings (SSSR count). The molecular formula is C22H24N4O3. The Morgan fingerprint density at radius 2 is 1.79 bits per heavy atom. The summed E-state index contributed by atoms with van der Waals surface area (Å²) in [6.45, 7) is 0.850. The molecule has 0 saturated heterocycles. The second kappa shape index (κ2) is 9.54. The minimum Gasteiger partial charge on any atom is -0.493 e. The number of amides is 1. The molecule has 7 heteroatoms. The summed E-state index contributed by atoms with van der Waals surface area (Å²) in [7, 11) is 5.10. The summed E-state index contributed by atoms with van der Waals surface area (Å²) in [5, 5.41) is 2.80. The molecule has 29 heavy (non-hydrogen) atoms. The van der Waals surface area contributed by atoms with Gasteiger partial charge in [0.05, 0.1) is 26.1 Å². The van der Waals surface area contributed by atoms with Crippen molar-refractivity contribution in [2.45, 2.75) is 6.42 Å². The van der Waals surface area contributed by atoms with Gasteiger partial charge in [-0.2, -0.15) is 0 Å². The fourth-order valence-corrected chi connectivity index (χ4v) is 2.83. The number of nitrogens with one attached hydrogen (secondary N) is 1. The highest BCUT2D eigenvalue weighted by Gasteiger charge is 2.12. The average molecular weight is 392 g/mol. The third-order valence-electron chi connectivity index (χ3n) is 4.56. The van der Waals surface area contributed by atoms with Gasteiger partial charge in [0.1, 0.15) is 5.82 Å². The van der Waals surface area contributed by atoms with E-state index in [1.165, 1.54) is 12.7 Å². The molecular weight excluding hydrogens is 368 g/mol. The highest BCUT2D eigenvalue weighted by molar-refractivity contribution is 6.04. The largest absolute Gasteiger partial charge is 0.493 e. The van der Waals surface area contributed by atoms with E-state index in [9.17, 15) is 4.79 Å².